The maximum Gasteiger partial charge on any atom is 0.306 e. The molecule has 2 aromatic carbocycles. The van der Waals surface area contributed by atoms with Gasteiger partial charge in [0, 0.05) is 22.0 Å². The molecule has 0 aliphatic carbocycles. The van der Waals surface area contributed by atoms with E-state index in [4.69, 9.17) is 16.3 Å². The van der Waals surface area contributed by atoms with Crippen molar-refractivity contribution in [2.75, 3.05) is 17.7 Å². The summed E-state index contributed by atoms with van der Waals surface area (Å²) in [7, 11) is 0. The van der Waals surface area contributed by atoms with Crippen LogP contribution in [0.1, 0.15) is 38.2 Å². The fraction of sp³-hybridized carbons (Fsp3) is 0.333. The smallest absolute Gasteiger partial charge is 0.306 e. The van der Waals surface area contributed by atoms with Gasteiger partial charge in [-0.25, -0.2) is 0 Å². The molecule has 0 radical (unpaired) electrons. The van der Waals surface area contributed by atoms with Crippen molar-refractivity contribution < 1.29 is 14.3 Å². The van der Waals surface area contributed by atoms with Crippen LogP contribution in [0.2, 0.25) is 5.02 Å². The first kappa shape index (κ1) is 21.3. The minimum absolute atomic E-state index is 0.269. The minimum atomic E-state index is -0.364. The SMILES string of the molecule is CC(C)c1ccc(NC(=O)COC(=O)CCCSc2ccc(Cl)cc2)cc1. The van der Waals surface area contributed by atoms with Crippen LogP contribution in [0.25, 0.3) is 0 Å². The Kier molecular flexibility index (Phi) is 8.69. The molecule has 0 aliphatic heterocycles. The van der Waals surface area contributed by atoms with Gasteiger partial charge in [0.2, 0.25) is 0 Å². The second-order valence-electron chi connectivity index (χ2n) is 6.39. The van der Waals surface area contributed by atoms with Crippen LogP contribution in [0, 0.1) is 0 Å². The molecule has 1 N–H and O–H groups in total. The maximum absolute atomic E-state index is 11.9. The lowest BCUT2D eigenvalue weighted by molar-refractivity contribution is -0.147. The molecule has 0 saturated heterocycles. The number of hydrogen-bond acceptors (Lipinski definition) is 4. The van der Waals surface area contributed by atoms with Crippen molar-refractivity contribution in [1.82, 2.24) is 0 Å². The number of amides is 1. The molecule has 0 bridgehead atoms. The topological polar surface area (TPSA) is 55.4 Å². The second kappa shape index (κ2) is 11.0. The lowest BCUT2D eigenvalue weighted by atomic mass is 10.0. The highest BCUT2D eigenvalue weighted by atomic mass is 35.5. The number of halogens is 1. The molecular formula is C21H24ClNO3S. The van der Waals surface area contributed by atoms with Crippen LogP contribution in [0.3, 0.4) is 0 Å². The summed E-state index contributed by atoms with van der Waals surface area (Å²) in [5.41, 5.74) is 1.90. The number of esters is 1. The Morgan fingerprint density at radius 3 is 2.37 bits per heavy atom. The van der Waals surface area contributed by atoms with Crippen LogP contribution in [0.15, 0.2) is 53.4 Å². The maximum atomic E-state index is 11.9. The quantitative estimate of drug-likeness (QED) is 0.339. The molecule has 4 nitrogen and oxygen atoms in total. The van der Waals surface area contributed by atoms with Crippen LogP contribution >= 0.6 is 23.4 Å². The monoisotopic (exact) mass is 405 g/mol. The number of ether oxygens (including phenoxy) is 1. The number of carbonyl (C=O) groups is 2. The van der Waals surface area contributed by atoms with E-state index < -0.39 is 0 Å². The fourth-order valence-corrected chi connectivity index (χ4v) is 3.28. The van der Waals surface area contributed by atoms with E-state index in [1.165, 1.54) is 5.56 Å². The molecule has 0 aromatic heterocycles. The molecule has 1 amide bonds. The summed E-state index contributed by atoms with van der Waals surface area (Å²) in [6.45, 7) is 3.96. The number of carbonyl (C=O) groups excluding carboxylic acids is 2. The van der Waals surface area contributed by atoms with E-state index in [0.29, 0.717) is 23.0 Å². The molecule has 0 heterocycles. The van der Waals surface area contributed by atoms with Gasteiger partial charge in [-0.2, -0.15) is 0 Å². The summed E-state index contributed by atoms with van der Waals surface area (Å²) in [6, 6.07) is 15.2. The summed E-state index contributed by atoms with van der Waals surface area (Å²) < 4.78 is 5.03. The highest BCUT2D eigenvalue weighted by Gasteiger charge is 2.08. The average Bonchev–Trinajstić information content (AvgIpc) is 2.65. The van der Waals surface area contributed by atoms with Crippen molar-refractivity contribution in [3.05, 3.63) is 59.1 Å². The van der Waals surface area contributed by atoms with E-state index in [2.05, 4.69) is 19.2 Å². The van der Waals surface area contributed by atoms with E-state index in [1.807, 2.05) is 48.5 Å². The van der Waals surface area contributed by atoms with Crippen LogP contribution in [0.5, 0.6) is 0 Å². The Labute approximate surface area is 169 Å². The van der Waals surface area contributed by atoms with Crippen molar-refractivity contribution in [2.45, 2.75) is 37.5 Å². The molecular weight excluding hydrogens is 382 g/mol. The van der Waals surface area contributed by atoms with Gasteiger partial charge < -0.3 is 10.1 Å². The molecule has 0 spiro atoms. The molecule has 27 heavy (non-hydrogen) atoms. The molecule has 0 saturated carbocycles. The van der Waals surface area contributed by atoms with E-state index in [-0.39, 0.29) is 24.9 Å². The number of benzene rings is 2. The van der Waals surface area contributed by atoms with Gasteiger partial charge in [0.15, 0.2) is 6.61 Å². The van der Waals surface area contributed by atoms with Gasteiger partial charge in [0.05, 0.1) is 0 Å². The van der Waals surface area contributed by atoms with Crippen LogP contribution in [-0.4, -0.2) is 24.2 Å². The van der Waals surface area contributed by atoms with Crippen LogP contribution in [-0.2, 0) is 14.3 Å². The first-order chi connectivity index (χ1) is 12.9. The Bertz CT molecular complexity index is 745. The average molecular weight is 406 g/mol. The summed E-state index contributed by atoms with van der Waals surface area (Å²) in [4.78, 5) is 24.7. The highest BCUT2D eigenvalue weighted by molar-refractivity contribution is 7.99. The summed E-state index contributed by atoms with van der Waals surface area (Å²) in [5, 5.41) is 3.43. The van der Waals surface area contributed by atoms with Gasteiger partial charge in [-0.05, 0) is 60.1 Å². The van der Waals surface area contributed by atoms with Gasteiger partial charge in [0.25, 0.3) is 5.91 Å². The van der Waals surface area contributed by atoms with Crippen molar-refractivity contribution in [1.29, 1.82) is 0 Å². The summed E-state index contributed by atoms with van der Waals surface area (Å²) in [5.74, 6) is 0.534. The predicted molar refractivity (Wildman–Crippen MR) is 112 cm³/mol. The van der Waals surface area contributed by atoms with Gasteiger partial charge in [-0.3, -0.25) is 9.59 Å². The molecule has 2 rings (SSSR count). The zero-order valence-electron chi connectivity index (χ0n) is 15.5. The number of nitrogens with one attached hydrogen (secondary N) is 1. The van der Waals surface area contributed by atoms with Crippen LogP contribution in [0.4, 0.5) is 5.69 Å². The highest BCUT2D eigenvalue weighted by Crippen LogP contribution is 2.21. The van der Waals surface area contributed by atoms with Gasteiger partial charge in [-0.15, -0.1) is 11.8 Å². The third kappa shape index (κ3) is 8.06. The Morgan fingerprint density at radius 1 is 1.07 bits per heavy atom. The number of hydrogen-bond donors (Lipinski definition) is 1. The van der Waals surface area contributed by atoms with E-state index >= 15 is 0 Å². The largest absolute Gasteiger partial charge is 0.456 e. The fourth-order valence-electron chi connectivity index (χ4n) is 2.30. The summed E-state index contributed by atoms with van der Waals surface area (Å²) in [6.07, 6.45) is 0.974. The summed E-state index contributed by atoms with van der Waals surface area (Å²) >= 11 is 7.50. The molecule has 0 atom stereocenters. The van der Waals surface area contributed by atoms with Gasteiger partial charge >= 0.3 is 5.97 Å². The lowest BCUT2D eigenvalue weighted by Crippen LogP contribution is -2.20. The second-order valence-corrected chi connectivity index (χ2v) is 8.00. The zero-order valence-corrected chi connectivity index (χ0v) is 17.1. The van der Waals surface area contributed by atoms with Crippen molar-refractivity contribution >= 4 is 40.9 Å². The van der Waals surface area contributed by atoms with E-state index in [0.717, 1.165) is 10.6 Å². The van der Waals surface area contributed by atoms with Gasteiger partial charge in [-0.1, -0.05) is 37.6 Å². The van der Waals surface area contributed by atoms with E-state index in [1.54, 1.807) is 11.8 Å². The van der Waals surface area contributed by atoms with Crippen molar-refractivity contribution in [3.8, 4) is 0 Å². The number of anilines is 1. The van der Waals surface area contributed by atoms with E-state index in [9.17, 15) is 9.59 Å². The Balaban J connectivity index is 1.61. The Morgan fingerprint density at radius 2 is 1.74 bits per heavy atom. The number of thioether (sulfide) groups is 1. The van der Waals surface area contributed by atoms with Crippen LogP contribution < -0.4 is 5.32 Å². The first-order valence-corrected chi connectivity index (χ1v) is 10.2. The minimum Gasteiger partial charge on any atom is -0.456 e. The first-order valence-electron chi connectivity index (χ1n) is 8.88. The third-order valence-electron chi connectivity index (χ3n) is 3.83. The molecule has 6 heteroatoms. The van der Waals surface area contributed by atoms with Crippen molar-refractivity contribution in [3.63, 3.8) is 0 Å². The third-order valence-corrected chi connectivity index (χ3v) is 5.18. The Hall–Kier alpha value is -1.98. The molecule has 2 aromatic rings. The predicted octanol–water partition coefficient (Wildman–Crippen LogP) is 5.52. The zero-order chi connectivity index (χ0) is 19.6. The lowest BCUT2D eigenvalue weighted by Gasteiger charge is -2.09. The standard InChI is InChI=1S/C21H24ClNO3S/c1-15(2)16-5-9-18(10-6-16)23-20(24)14-26-21(25)4-3-13-27-19-11-7-17(22)8-12-19/h5-12,15H,3-4,13-14H2,1-2H3,(H,23,24). The molecule has 0 fully saturated rings. The van der Waals surface area contributed by atoms with Gasteiger partial charge in [0.1, 0.15) is 0 Å². The molecule has 0 aliphatic rings. The number of rotatable bonds is 9. The normalized spacial score (nSPS) is 10.7. The van der Waals surface area contributed by atoms with Crippen molar-refractivity contribution in [2.24, 2.45) is 0 Å². The molecule has 0 unspecified atom stereocenters. The molecule has 144 valence electrons.